The molecule has 0 rings (SSSR count). The van der Waals surface area contributed by atoms with Gasteiger partial charge in [0.2, 0.25) is 0 Å². The van der Waals surface area contributed by atoms with Crippen molar-refractivity contribution in [1.82, 2.24) is 15.5 Å². The van der Waals surface area contributed by atoms with Gasteiger partial charge in [0.15, 0.2) is 0 Å². The molecule has 0 aromatic rings. The number of hydrogen-bond acceptors (Lipinski definition) is 5. The Labute approximate surface area is 134 Å². The van der Waals surface area contributed by atoms with E-state index in [1.54, 1.807) is 6.08 Å². The lowest BCUT2D eigenvalue weighted by Crippen LogP contribution is -2.36. The smallest absolute Gasteiger partial charge is 0.271 e. The zero-order valence-electron chi connectivity index (χ0n) is 14.6. The van der Waals surface area contributed by atoms with Gasteiger partial charge in [-0.2, -0.15) is 5.10 Å². The van der Waals surface area contributed by atoms with Crippen molar-refractivity contribution >= 4 is 18.3 Å². The van der Waals surface area contributed by atoms with Gasteiger partial charge in [-0.25, -0.2) is 0 Å². The maximum absolute atomic E-state index is 11.9. The second-order valence-electron chi connectivity index (χ2n) is 5.93. The second-order valence-corrected chi connectivity index (χ2v) is 5.93. The van der Waals surface area contributed by atoms with Crippen molar-refractivity contribution in [2.24, 2.45) is 16.1 Å². The number of amides is 1. The van der Waals surface area contributed by atoms with E-state index in [-0.39, 0.29) is 17.7 Å². The van der Waals surface area contributed by atoms with Gasteiger partial charge in [-0.1, -0.05) is 19.9 Å². The van der Waals surface area contributed by atoms with Crippen LogP contribution < -0.4 is 10.6 Å². The lowest BCUT2D eigenvalue weighted by atomic mass is 10.2. The van der Waals surface area contributed by atoms with Crippen LogP contribution in [-0.4, -0.2) is 56.1 Å². The summed E-state index contributed by atoms with van der Waals surface area (Å²) in [5.74, 6) is 0.393. The first-order valence-corrected chi connectivity index (χ1v) is 7.78. The number of hydrogen-bond donors (Lipinski definition) is 2. The number of rotatable bonds is 11. The van der Waals surface area contributed by atoms with Crippen molar-refractivity contribution in [1.29, 1.82) is 0 Å². The molecule has 1 amide bonds. The van der Waals surface area contributed by atoms with Crippen molar-refractivity contribution in [3.8, 4) is 0 Å². The zero-order valence-corrected chi connectivity index (χ0v) is 14.6. The van der Waals surface area contributed by atoms with Crippen molar-refractivity contribution in [2.75, 3.05) is 26.8 Å². The molecule has 0 atom stereocenters. The first-order chi connectivity index (χ1) is 10.4. The Hall–Kier alpha value is -1.53. The molecular formula is C16H31N5O. The summed E-state index contributed by atoms with van der Waals surface area (Å²) >= 11 is 0. The van der Waals surface area contributed by atoms with Crippen molar-refractivity contribution in [2.45, 2.75) is 40.2 Å². The van der Waals surface area contributed by atoms with Gasteiger partial charge in [0.05, 0.1) is 0 Å². The lowest BCUT2D eigenvalue weighted by molar-refractivity contribution is -0.115. The summed E-state index contributed by atoms with van der Waals surface area (Å²) in [5, 5.41) is 13.2. The van der Waals surface area contributed by atoms with Gasteiger partial charge in [0.25, 0.3) is 5.91 Å². The monoisotopic (exact) mass is 309 g/mol. The van der Waals surface area contributed by atoms with E-state index in [0.29, 0.717) is 5.92 Å². The zero-order chi connectivity index (χ0) is 17.0. The third kappa shape index (κ3) is 10.2. The first-order valence-electron chi connectivity index (χ1n) is 7.78. The Kier molecular flexibility index (Phi) is 11.2. The van der Waals surface area contributed by atoms with Gasteiger partial charge in [0, 0.05) is 32.5 Å². The molecule has 0 aromatic heterocycles. The fourth-order valence-electron chi connectivity index (χ4n) is 1.99. The Bertz CT molecular complexity index is 388. The van der Waals surface area contributed by atoms with Gasteiger partial charge in [-0.3, -0.25) is 9.69 Å². The maximum Gasteiger partial charge on any atom is 0.271 e. The summed E-state index contributed by atoms with van der Waals surface area (Å²) in [6, 6.07) is 0.0630. The quantitative estimate of drug-likeness (QED) is 0.346. The van der Waals surface area contributed by atoms with Crippen LogP contribution in [0.25, 0.3) is 0 Å². The highest BCUT2D eigenvalue weighted by molar-refractivity contribution is 6.43. The molecule has 0 saturated heterocycles. The largest absolute Gasteiger partial charge is 0.348 e. The minimum atomic E-state index is -0.229. The van der Waals surface area contributed by atoms with Crippen LogP contribution in [0, 0.1) is 5.92 Å². The summed E-state index contributed by atoms with van der Waals surface area (Å²) in [6.07, 6.45) is 4.51. The van der Waals surface area contributed by atoms with E-state index < -0.39 is 0 Å². The molecular weight excluding hydrogens is 278 g/mol. The predicted molar refractivity (Wildman–Crippen MR) is 94.4 cm³/mol. The van der Waals surface area contributed by atoms with E-state index in [4.69, 9.17) is 0 Å². The van der Waals surface area contributed by atoms with Gasteiger partial charge in [-0.15, -0.1) is 5.10 Å². The Morgan fingerprint density at radius 3 is 2.50 bits per heavy atom. The van der Waals surface area contributed by atoms with Gasteiger partial charge >= 0.3 is 0 Å². The molecule has 0 aliphatic carbocycles. The average Bonchev–Trinajstić information content (AvgIpc) is 2.40. The topological polar surface area (TPSA) is 69.1 Å². The van der Waals surface area contributed by atoms with Crippen LogP contribution in [0.2, 0.25) is 0 Å². The highest BCUT2D eigenvalue weighted by atomic mass is 16.2. The Morgan fingerprint density at radius 1 is 1.32 bits per heavy atom. The molecule has 0 bridgehead atoms. The van der Waals surface area contributed by atoms with E-state index >= 15 is 0 Å². The average molecular weight is 309 g/mol. The van der Waals surface area contributed by atoms with Crippen LogP contribution in [-0.2, 0) is 4.79 Å². The fraction of sp³-hybridized carbons (Fsp3) is 0.688. The van der Waals surface area contributed by atoms with Crippen molar-refractivity contribution in [3.63, 3.8) is 0 Å². The van der Waals surface area contributed by atoms with Gasteiger partial charge in [-0.05, 0) is 39.3 Å². The molecule has 0 radical (unpaired) electrons. The molecule has 0 unspecified atom stereocenters. The van der Waals surface area contributed by atoms with Crippen LogP contribution >= 0.6 is 0 Å². The van der Waals surface area contributed by atoms with Gasteiger partial charge in [0.1, 0.15) is 5.71 Å². The SMILES string of the molecule is C=N/N=C(\C=C/CCN(CNC)CC(C)C)C(=O)NC(C)C. The normalized spacial score (nSPS) is 12.6. The molecule has 0 fully saturated rings. The molecule has 0 aliphatic rings. The van der Waals surface area contributed by atoms with Crippen LogP contribution in [0.15, 0.2) is 22.4 Å². The molecule has 6 nitrogen and oxygen atoms in total. The van der Waals surface area contributed by atoms with Crippen molar-refractivity contribution < 1.29 is 4.79 Å². The van der Waals surface area contributed by atoms with Crippen LogP contribution in [0.4, 0.5) is 0 Å². The van der Waals surface area contributed by atoms with Gasteiger partial charge < -0.3 is 10.6 Å². The summed E-state index contributed by atoms with van der Waals surface area (Å²) in [4.78, 5) is 14.3. The predicted octanol–water partition coefficient (Wildman–Crippen LogP) is 1.65. The van der Waals surface area contributed by atoms with E-state index in [1.807, 2.05) is 27.0 Å². The van der Waals surface area contributed by atoms with E-state index in [0.717, 1.165) is 26.2 Å². The molecule has 126 valence electrons. The highest BCUT2D eigenvalue weighted by Gasteiger charge is 2.09. The van der Waals surface area contributed by atoms with E-state index in [1.165, 1.54) is 0 Å². The summed E-state index contributed by atoms with van der Waals surface area (Å²) in [5.41, 5.74) is 0.285. The first kappa shape index (κ1) is 20.5. The number of carbonyl (C=O) groups excluding carboxylic acids is 1. The van der Waals surface area contributed by atoms with E-state index in [9.17, 15) is 4.79 Å². The number of carbonyl (C=O) groups is 1. The molecule has 0 aliphatic heterocycles. The van der Waals surface area contributed by atoms with Crippen molar-refractivity contribution in [3.05, 3.63) is 12.2 Å². The van der Waals surface area contributed by atoms with Crippen LogP contribution in [0.1, 0.15) is 34.1 Å². The fourth-order valence-corrected chi connectivity index (χ4v) is 1.99. The third-order valence-corrected chi connectivity index (χ3v) is 2.72. The maximum atomic E-state index is 11.9. The van der Waals surface area contributed by atoms with Crippen LogP contribution in [0.5, 0.6) is 0 Å². The molecule has 2 N–H and O–H groups in total. The molecule has 0 aromatic carbocycles. The molecule has 0 saturated carbocycles. The minimum absolute atomic E-state index is 0.0630. The number of nitrogens with zero attached hydrogens (tertiary/aromatic N) is 3. The number of nitrogens with one attached hydrogen (secondary N) is 2. The summed E-state index contributed by atoms with van der Waals surface area (Å²) < 4.78 is 0. The molecule has 22 heavy (non-hydrogen) atoms. The minimum Gasteiger partial charge on any atom is -0.348 e. The Morgan fingerprint density at radius 2 is 2.00 bits per heavy atom. The third-order valence-electron chi connectivity index (χ3n) is 2.72. The summed E-state index contributed by atoms with van der Waals surface area (Å²) in [7, 11) is 1.94. The lowest BCUT2D eigenvalue weighted by Gasteiger charge is -2.23. The van der Waals surface area contributed by atoms with Crippen LogP contribution in [0.3, 0.4) is 0 Å². The summed E-state index contributed by atoms with van der Waals surface area (Å²) in [6.45, 7) is 14.3. The molecule has 0 spiro atoms. The van der Waals surface area contributed by atoms with E-state index in [2.05, 4.69) is 46.3 Å². The second kappa shape index (κ2) is 12.1. The Balaban J connectivity index is 4.48. The highest BCUT2D eigenvalue weighted by Crippen LogP contribution is 1.99. The molecule has 0 heterocycles. The molecule has 6 heteroatoms. The standard InChI is InChI=1S/C16H31N5O/c1-13(2)11-21(12-17-5)10-8-7-9-15(20-18-6)16(22)19-14(3)4/h7,9,13-14,17H,6,8,10-12H2,1-5H3,(H,19,22)/b9-7-,20-15+.